The van der Waals surface area contributed by atoms with Gasteiger partial charge in [-0.3, -0.25) is 4.57 Å². The Morgan fingerprint density at radius 1 is 0.357 bits per heavy atom. The molecule has 0 fully saturated rings. The zero-order valence-corrected chi connectivity index (χ0v) is 29.5. The van der Waals surface area contributed by atoms with Crippen LogP contribution in [0.1, 0.15) is 13.7 Å². The fourth-order valence-electron chi connectivity index (χ4n) is 7.38. The standard InChI is InChI=1S/C51H33N5/c1-4-15-34(16-5-1)36-27-29-38(30-28-36)50-52-49(37-19-8-3-9-20-37)53-51(54-50)56-46-26-13-11-24-42(46)44-32-43-41-23-10-12-25-45(41)55(47(43)33-48(44)56)40-22-14-21-39(31-40)35-17-6-2-7-18-35/h1-33H/i10D,11D,12D,13D,23D,24D,25D,26D,32D,33D. The van der Waals surface area contributed by atoms with Crippen molar-refractivity contribution in [1.29, 1.82) is 0 Å². The summed E-state index contributed by atoms with van der Waals surface area (Å²) < 4.78 is 95.8. The largest absolute Gasteiger partial charge is 0.309 e. The molecule has 11 rings (SSSR count). The van der Waals surface area contributed by atoms with Crippen LogP contribution >= 0.6 is 0 Å². The smallest absolute Gasteiger partial charge is 0.238 e. The van der Waals surface area contributed by atoms with Gasteiger partial charge in [-0.2, -0.15) is 9.97 Å². The van der Waals surface area contributed by atoms with Crippen LogP contribution in [0.5, 0.6) is 0 Å². The van der Waals surface area contributed by atoms with Crippen LogP contribution in [0, 0.1) is 0 Å². The molecule has 0 radical (unpaired) electrons. The van der Waals surface area contributed by atoms with E-state index < -0.39 is 42.3 Å². The normalized spacial score (nSPS) is 14.1. The molecule has 3 aromatic heterocycles. The summed E-state index contributed by atoms with van der Waals surface area (Å²) >= 11 is 0. The quantitative estimate of drug-likeness (QED) is 0.171. The van der Waals surface area contributed by atoms with Gasteiger partial charge in [0.05, 0.1) is 35.8 Å². The second kappa shape index (κ2) is 13.0. The number of nitrogens with zero attached hydrogens (tertiary/aromatic N) is 5. The Morgan fingerprint density at radius 2 is 0.821 bits per heavy atom. The topological polar surface area (TPSA) is 48.5 Å². The maximum absolute atomic E-state index is 10.3. The van der Waals surface area contributed by atoms with Crippen LogP contribution in [-0.2, 0) is 0 Å². The Hall–Kier alpha value is -7.63. The van der Waals surface area contributed by atoms with E-state index in [0.29, 0.717) is 16.8 Å². The summed E-state index contributed by atoms with van der Waals surface area (Å²) in [6.45, 7) is 0. The highest BCUT2D eigenvalue weighted by atomic mass is 15.2. The highest BCUT2D eigenvalue weighted by Crippen LogP contribution is 2.40. The van der Waals surface area contributed by atoms with Gasteiger partial charge < -0.3 is 4.57 Å². The number of fused-ring (bicyclic) bond motifs is 6. The molecule has 5 nitrogen and oxygen atoms in total. The summed E-state index contributed by atoms with van der Waals surface area (Å²) in [6.07, 6.45) is 0. The van der Waals surface area contributed by atoms with Crippen molar-refractivity contribution in [3.8, 4) is 56.7 Å². The molecule has 0 spiro atoms. The van der Waals surface area contributed by atoms with Gasteiger partial charge in [-0.1, -0.05) is 164 Å². The molecule has 8 aromatic carbocycles. The number of para-hydroxylation sites is 2. The van der Waals surface area contributed by atoms with Gasteiger partial charge in [0.15, 0.2) is 11.6 Å². The first-order chi connectivity index (χ1) is 31.9. The van der Waals surface area contributed by atoms with Crippen LogP contribution in [-0.4, -0.2) is 24.1 Å². The minimum atomic E-state index is -0.556. The third-order valence-corrected chi connectivity index (χ3v) is 10.0. The van der Waals surface area contributed by atoms with Crippen LogP contribution in [0.25, 0.3) is 100 Å². The molecule has 5 heteroatoms. The van der Waals surface area contributed by atoms with Gasteiger partial charge in [-0.05, 0) is 58.6 Å². The summed E-state index contributed by atoms with van der Waals surface area (Å²) in [6, 6.07) is 39.3. The van der Waals surface area contributed by atoms with Gasteiger partial charge in [-0.25, -0.2) is 4.98 Å². The van der Waals surface area contributed by atoms with E-state index in [4.69, 9.17) is 20.4 Å². The molecule has 56 heavy (non-hydrogen) atoms. The summed E-state index contributed by atoms with van der Waals surface area (Å²) in [5, 5.41) is -0.0870. The molecule has 0 aliphatic heterocycles. The van der Waals surface area contributed by atoms with E-state index in [0.717, 1.165) is 22.3 Å². The summed E-state index contributed by atoms with van der Waals surface area (Å²) in [4.78, 5) is 14.9. The highest BCUT2D eigenvalue weighted by Gasteiger charge is 2.21. The lowest BCUT2D eigenvalue weighted by molar-refractivity contribution is 0.953. The van der Waals surface area contributed by atoms with Gasteiger partial charge in [0.1, 0.15) is 0 Å². The minimum absolute atomic E-state index is 0.00369. The van der Waals surface area contributed by atoms with E-state index in [1.165, 1.54) is 4.57 Å². The number of benzene rings is 8. The maximum Gasteiger partial charge on any atom is 0.238 e. The average Bonchev–Trinajstić information content (AvgIpc) is 3.93. The minimum Gasteiger partial charge on any atom is -0.309 e. The average molecular weight is 726 g/mol. The summed E-state index contributed by atoms with van der Waals surface area (Å²) in [5.41, 5.74) is 5.36. The molecule has 0 saturated heterocycles. The number of hydrogen-bond donors (Lipinski definition) is 0. The van der Waals surface area contributed by atoms with Crippen molar-refractivity contribution < 1.29 is 13.7 Å². The van der Waals surface area contributed by atoms with Gasteiger partial charge >= 0.3 is 0 Å². The van der Waals surface area contributed by atoms with Crippen LogP contribution in [0.3, 0.4) is 0 Å². The number of aromatic nitrogens is 5. The summed E-state index contributed by atoms with van der Waals surface area (Å²) in [5.74, 6) is 0.400. The van der Waals surface area contributed by atoms with Gasteiger partial charge in [0, 0.05) is 38.4 Å². The van der Waals surface area contributed by atoms with Crippen LogP contribution in [0.2, 0.25) is 0 Å². The first-order valence-electron chi connectivity index (χ1n) is 23.1. The lowest BCUT2D eigenvalue weighted by Gasteiger charge is -2.12. The van der Waals surface area contributed by atoms with Crippen molar-refractivity contribution in [3.63, 3.8) is 0 Å². The Balaban J connectivity index is 1.31. The van der Waals surface area contributed by atoms with E-state index in [-0.39, 0.29) is 79.3 Å². The second-order valence-electron chi connectivity index (χ2n) is 13.3. The van der Waals surface area contributed by atoms with E-state index in [1.54, 1.807) is 10.6 Å². The van der Waals surface area contributed by atoms with Crippen molar-refractivity contribution >= 4 is 43.6 Å². The Labute approximate surface area is 337 Å². The molecule has 0 bridgehead atoms. The third kappa shape index (κ3) is 5.29. The van der Waals surface area contributed by atoms with E-state index in [9.17, 15) is 8.22 Å². The molecular formula is C51H33N5. The maximum atomic E-state index is 10.3. The van der Waals surface area contributed by atoms with Crippen molar-refractivity contribution in [2.45, 2.75) is 0 Å². The van der Waals surface area contributed by atoms with Gasteiger partial charge in [0.25, 0.3) is 0 Å². The van der Waals surface area contributed by atoms with Crippen LogP contribution in [0.4, 0.5) is 0 Å². The molecular weight excluding hydrogens is 683 g/mol. The molecule has 0 atom stereocenters. The third-order valence-electron chi connectivity index (χ3n) is 10.0. The monoisotopic (exact) mass is 725 g/mol. The summed E-state index contributed by atoms with van der Waals surface area (Å²) in [7, 11) is 0. The highest BCUT2D eigenvalue weighted by molar-refractivity contribution is 6.19. The Morgan fingerprint density at radius 3 is 1.45 bits per heavy atom. The molecule has 0 saturated carbocycles. The fourth-order valence-corrected chi connectivity index (χ4v) is 7.38. The lowest BCUT2D eigenvalue weighted by atomic mass is 10.0. The van der Waals surface area contributed by atoms with Crippen molar-refractivity contribution in [1.82, 2.24) is 24.1 Å². The van der Waals surface area contributed by atoms with Crippen molar-refractivity contribution in [3.05, 3.63) is 200 Å². The molecule has 0 N–H and O–H groups in total. The predicted octanol–water partition coefficient (Wildman–Crippen LogP) is 12.7. The van der Waals surface area contributed by atoms with Crippen molar-refractivity contribution in [2.24, 2.45) is 0 Å². The second-order valence-corrected chi connectivity index (χ2v) is 13.3. The molecule has 262 valence electrons. The Bertz CT molecular complexity index is 3800. The van der Waals surface area contributed by atoms with Gasteiger partial charge in [-0.15, -0.1) is 0 Å². The molecule has 0 aliphatic rings. The van der Waals surface area contributed by atoms with Crippen LogP contribution in [0.15, 0.2) is 200 Å². The molecule has 0 unspecified atom stereocenters. The lowest BCUT2D eigenvalue weighted by Crippen LogP contribution is -2.06. The first-order valence-corrected chi connectivity index (χ1v) is 18.1. The zero-order valence-electron chi connectivity index (χ0n) is 39.5. The number of hydrogen-bond acceptors (Lipinski definition) is 3. The Kier molecular flexibility index (Phi) is 5.41. The molecule has 0 amide bonds. The zero-order chi connectivity index (χ0) is 45.7. The van der Waals surface area contributed by atoms with Gasteiger partial charge in [0.2, 0.25) is 5.95 Å². The fraction of sp³-hybridized carbons (Fsp3) is 0. The molecule has 11 aromatic rings. The van der Waals surface area contributed by atoms with Crippen LogP contribution < -0.4 is 0 Å². The molecule has 3 heterocycles. The molecule has 0 aliphatic carbocycles. The first kappa shape index (κ1) is 23.2. The van der Waals surface area contributed by atoms with E-state index in [2.05, 4.69) is 0 Å². The SMILES string of the molecule is [2H]c1c([2H])c([2H])c2c(c1[2H])c1c([2H])c3c4c([2H])c([2H])c([2H])c([2H])c4n(-c4nc(-c5ccccc5)nc(-c5ccc(-c6ccccc6)cc5)n4)c3c([2H])c1n2-c1cccc(-c2ccccc2)c1. The van der Waals surface area contributed by atoms with E-state index in [1.807, 2.05) is 133 Å². The van der Waals surface area contributed by atoms with E-state index >= 15 is 0 Å². The van der Waals surface area contributed by atoms with Crippen molar-refractivity contribution in [2.75, 3.05) is 0 Å². The predicted molar refractivity (Wildman–Crippen MR) is 230 cm³/mol. The number of rotatable bonds is 6.